The van der Waals surface area contributed by atoms with Gasteiger partial charge in [-0.1, -0.05) is 12.2 Å². The van der Waals surface area contributed by atoms with Gasteiger partial charge in [-0.15, -0.1) is 0 Å². The highest BCUT2D eigenvalue weighted by Crippen LogP contribution is 2.16. The number of nitrogens with zero attached hydrogens (tertiary/aromatic N) is 2. The average molecular weight is 296 g/mol. The minimum Gasteiger partial charge on any atom is -0.389 e. The molecule has 0 spiro atoms. The minimum atomic E-state index is -0.317. The van der Waals surface area contributed by atoms with Gasteiger partial charge < -0.3 is 16.0 Å². The maximum Gasteiger partial charge on any atom is 0.146 e. The van der Waals surface area contributed by atoms with Crippen LogP contribution < -0.4 is 11.1 Å². The molecule has 1 unspecified atom stereocenters. The van der Waals surface area contributed by atoms with E-state index < -0.39 is 0 Å². The second-order valence-electron chi connectivity index (χ2n) is 5.34. The van der Waals surface area contributed by atoms with Crippen molar-refractivity contribution < 1.29 is 4.39 Å². The van der Waals surface area contributed by atoms with Gasteiger partial charge in [-0.25, -0.2) is 4.39 Å². The fourth-order valence-corrected chi connectivity index (χ4v) is 2.49. The molecule has 110 valence electrons. The molecule has 1 saturated heterocycles. The molecule has 2 rings (SSSR count). The summed E-state index contributed by atoms with van der Waals surface area (Å²) in [6.45, 7) is 3.80. The Bertz CT molecular complexity index is 494. The third-order valence-corrected chi connectivity index (χ3v) is 4.00. The molecule has 4 nitrogen and oxygen atoms in total. The summed E-state index contributed by atoms with van der Waals surface area (Å²) in [6, 6.07) is 5.19. The van der Waals surface area contributed by atoms with E-state index in [1.54, 1.807) is 12.1 Å². The second-order valence-corrected chi connectivity index (χ2v) is 5.78. The van der Waals surface area contributed by atoms with Crippen molar-refractivity contribution in [1.82, 2.24) is 9.80 Å². The van der Waals surface area contributed by atoms with Crippen LogP contribution in [0.15, 0.2) is 18.2 Å². The van der Waals surface area contributed by atoms with E-state index in [4.69, 9.17) is 18.0 Å². The summed E-state index contributed by atoms with van der Waals surface area (Å²) in [6.07, 6.45) is 0. The largest absolute Gasteiger partial charge is 0.389 e. The van der Waals surface area contributed by atoms with Crippen LogP contribution in [0.4, 0.5) is 10.1 Å². The van der Waals surface area contributed by atoms with Gasteiger partial charge in [-0.3, -0.25) is 4.90 Å². The van der Waals surface area contributed by atoms with Crippen LogP contribution in [0.3, 0.4) is 0 Å². The molecule has 0 saturated carbocycles. The van der Waals surface area contributed by atoms with Crippen LogP contribution in [0.5, 0.6) is 0 Å². The predicted molar refractivity (Wildman–Crippen MR) is 84.7 cm³/mol. The Morgan fingerprint density at radius 2 is 2.20 bits per heavy atom. The Hall–Kier alpha value is -1.24. The minimum absolute atomic E-state index is 0.212. The molecule has 3 N–H and O–H groups in total. The lowest BCUT2D eigenvalue weighted by Gasteiger charge is -2.37. The lowest BCUT2D eigenvalue weighted by Crippen LogP contribution is -2.52. The Kier molecular flexibility index (Phi) is 4.91. The first-order chi connectivity index (χ1) is 9.47. The van der Waals surface area contributed by atoms with E-state index in [1.165, 1.54) is 6.07 Å². The SMILES string of the molecule is CN1CCN(C)C(CNc2ccc(C(N)=S)cc2F)C1. The number of hydrogen-bond donors (Lipinski definition) is 2. The third-order valence-electron chi connectivity index (χ3n) is 3.76. The maximum absolute atomic E-state index is 13.9. The van der Waals surface area contributed by atoms with E-state index in [1.807, 2.05) is 0 Å². The zero-order valence-electron chi connectivity index (χ0n) is 11.9. The number of benzene rings is 1. The zero-order valence-corrected chi connectivity index (χ0v) is 12.7. The number of thiocarbonyl (C=S) groups is 1. The molecule has 1 atom stereocenters. The van der Waals surface area contributed by atoms with Gasteiger partial charge in [0.25, 0.3) is 0 Å². The molecular weight excluding hydrogens is 275 g/mol. The molecule has 1 heterocycles. The topological polar surface area (TPSA) is 44.5 Å². The van der Waals surface area contributed by atoms with Crippen molar-refractivity contribution in [1.29, 1.82) is 0 Å². The van der Waals surface area contributed by atoms with Gasteiger partial charge in [-0.2, -0.15) is 0 Å². The van der Waals surface area contributed by atoms with E-state index in [2.05, 4.69) is 29.2 Å². The summed E-state index contributed by atoms with van der Waals surface area (Å²) >= 11 is 4.84. The highest BCUT2D eigenvalue weighted by Gasteiger charge is 2.22. The van der Waals surface area contributed by atoms with Crippen molar-refractivity contribution in [3.63, 3.8) is 0 Å². The monoisotopic (exact) mass is 296 g/mol. The molecule has 20 heavy (non-hydrogen) atoms. The van der Waals surface area contributed by atoms with Crippen molar-refractivity contribution in [3.8, 4) is 0 Å². The number of rotatable bonds is 4. The van der Waals surface area contributed by atoms with Crippen molar-refractivity contribution in [3.05, 3.63) is 29.6 Å². The number of nitrogens with two attached hydrogens (primary N) is 1. The number of piperazine rings is 1. The van der Waals surface area contributed by atoms with Gasteiger partial charge in [0.2, 0.25) is 0 Å². The first-order valence-corrected chi connectivity index (χ1v) is 7.10. The number of hydrogen-bond acceptors (Lipinski definition) is 4. The molecule has 0 radical (unpaired) electrons. The van der Waals surface area contributed by atoms with E-state index in [0.29, 0.717) is 23.8 Å². The third kappa shape index (κ3) is 3.65. The predicted octanol–water partition coefficient (Wildman–Crippen LogP) is 1.12. The summed E-state index contributed by atoms with van der Waals surface area (Å²) in [4.78, 5) is 4.80. The van der Waals surface area contributed by atoms with Crippen LogP contribution in [0.2, 0.25) is 0 Å². The van der Waals surface area contributed by atoms with Crippen molar-refractivity contribution >= 4 is 22.9 Å². The van der Waals surface area contributed by atoms with Crippen LogP contribution in [-0.4, -0.2) is 61.1 Å². The van der Waals surface area contributed by atoms with E-state index in [9.17, 15) is 4.39 Å². The summed E-state index contributed by atoms with van der Waals surface area (Å²) in [5, 5.41) is 3.17. The smallest absolute Gasteiger partial charge is 0.146 e. The van der Waals surface area contributed by atoms with Gasteiger partial charge in [-0.05, 0) is 32.3 Å². The van der Waals surface area contributed by atoms with Crippen molar-refractivity contribution in [2.45, 2.75) is 6.04 Å². The van der Waals surface area contributed by atoms with E-state index in [-0.39, 0.29) is 10.8 Å². The molecule has 0 aromatic heterocycles. The summed E-state index contributed by atoms with van der Waals surface area (Å²) in [5.74, 6) is -0.317. The highest BCUT2D eigenvalue weighted by atomic mass is 32.1. The van der Waals surface area contributed by atoms with Gasteiger partial charge in [0.15, 0.2) is 0 Å². The molecule has 1 aliphatic rings. The zero-order chi connectivity index (χ0) is 14.7. The standard InChI is InChI=1S/C14H21FN4S/c1-18-5-6-19(2)11(9-18)8-17-13-4-3-10(14(16)20)7-12(13)15/h3-4,7,11,17H,5-6,8-9H2,1-2H3,(H2,16,20). The first-order valence-electron chi connectivity index (χ1n) is 6.69. The molecule has 0 bridgehead atoms. The highest BCUT2D eigenvalue weighted by molar-refractivity contribution is 7.80. The Labute approximate surface area is 124 Å². The van der Waals surface area contributed by atoms with E-state index in [0.717, 1.165) is 19.6 Å². The average Bonchev–Trinajstić information content (AvgIpc) is 2.40. The summed E-state index contributed by atoms with van der Waals surface area (Å²) in [5.41, 5.74) is 6.53. The molecular formula is C14H21FN4S. The summed E-state index contributed by atoms with van der Waals surface area (Å²) < 4.78 is 13.9. The second kappa shape index (κ2) is 6.47. The van der Waals surface area contributed by atoms with Crippen molar-refractivity contribution in [2.75, 3.05) is 45.6 Å². The molecule has 1 aromatic carbocycles. The molecule has 1 aromatic rings. The lowest BCUT2D eigenvalue weighted by molar-refractivity contribution is 0.122. The number of halogens is 1. The Morgan fingerprint density at radius 1 is 1.45 bits per heavy atom. The van der Waals surface area contributed by atoms with Crippen LogP contribution in [0, 0.1) is 5.82 Å². The quantitative estimate of drug-likeness (QED) is 0.815. The lowest BCUT2D eigenvalue weighted by atomic mass is 10.1. The molecule has 6 heteroatoms. The number of anilines is 1. The number of likely N-dealkylation sites (N-methyl/N-ethyl adjacent to an activating group) is 2. The Morgan fingerprint density at radius 3 is 2.85 bits per heavy atom. The van der Waals surface area contributed by atoms with E-state index >= 15 is 0 Å². The maximum atomic E-state index is 13.9. The van der Waals surface area contributed by atoms with Crippen LogP contribution in [0.25, 0.3) is 0 Å². The van der Waals surface area contributed by atoms with Crippen LogP contribution >= 0.6 is 12.2 Å². The van der Waals surface area contributed by atoms with Crippen LogP contribution in [-0.2, 0) is 0 Å². The van der Waals surface area contributed by atoms with Gasteiger partial charge >= 0.3 is 0 Å². The molecule has 1 fully saturated rings. The molecule has 1 aliphatic heterocycles. The summed E-state index contributed by atoms with van der Waals surface area (Å²) in [7, 11) is 4.21. The normalized spacial score (nSPS) is 20.9. The van der Waals surface area contributed by atoms with Crippen LogP contribution in [0.1, 0.15) is 5.56 Å². The van der Waals surface area contributed by atoms with Crippen molar-refractivity contribution in [2.24, 2.45) is 5.73 Å². The number of nitrogens with one attached hydrogen (secondary N) is 1. The van der Waals surface area contributed by atoms with Gasteiger partial charge in [0, 0.05) is 37.8 Å². The fourth-order valence-electron chi connectivity index (χ4n) is 2.36. The van der Waals surface area contributed by atoms with Gasteiger partial charge in [0.1, 0.15) is 10.8 Å². The molecule has 0 aliphatic carbocycles. The van der Waals surface area contributed by atoms with Gasteiger partial charge in [0.05, 0.1) is 5.69 Å². The fraction of sp³-hybridized carbons (Fsp3) is 0.500. The Balaban J connectivity index is 1.98. The molecule has 0 amide bonds. The first kappa shape index (κ1) is 15.2.